The Bertz CT molecular complexity index is 770. The van der Waals surface area contributed by atoms with E-state index >= 15 is 0 Å². The topological polar surface area (TPSA) is 112 Å². The summed E-state index contributed by atoms with van der Waals surface area (Å²) in [5.74, 6) is -1.75. The van der Waals surface area contributed by atoms with Crippen LogP contribution in [0, 0.1) is 0 Å². The van der Waals surface area contributed by atoms with E-state index in [9.17, 15) is 9.59 Å². The standard InChI is InChI=1S/2C11H14O2.CHO2.Al.2H/c2*1-11(2,3)9-6-4-8(5-7-9)10(12)13;2-1-3;;;/h2*4-7H,1-3H3,(H,12,13);(H,2,3);;;. The lowest BCUT2D eigenvalue weighted by atomic mass is 9.87. The molecule has 2 rings (SSSR count). The minimum atomic E-state index is -0.875. The van der Waals surface area contributed by atoms with Gasteiger partial charge in [-0.1, -0.05) is 65.8 Å². The third-order valence-corrected chi connectivity index (χ3v) is 4.00. The van der Waals surface area contributed by atoms with E-state index in [4.69, 9.17) is 20.1 Å². The zero-order valence-electron chi connectivity index (χ0n) is 18.7. The number of carboxylic acid groups (broad SMARTS) is 3. The van der Waals surface area contributed by atoms with Gasteiger partial charge in [0.25, 0.3) is 0 Å². The third-order valence-electron chi connectivity index (χ3n) is 4.00. The molecule has 0 bridgehead atoms. The van der Waals surface area contributed by atoms with Gasteiger partial charge in [-0.2, -0.15) is 0 Å². The van der Waals surface area contributed by atoms with E-state index in [0.717, 1.165) is 11.1 Å². The molecule has 0 spiro atoms. The van der Waals surface area contributed by atoms with Crippen LogP contribution in [0.25, 0.3) is 0 Å². The molecule has 7 heteroatoms. The molecule has 0 aromatic heterocycles. The summed E-state index contributed by atoms with van der Waals surface area (Å²) in [4.78, 5) is 29.5. The first-order chi connectivity index (χ1) is 13.6. The highest BCUT2D eigenvalue weighted by atomic mass is 27.0. The van der Waals surface area contributed by atoms with Crippen LogP contribution in [0.3, 0.4) is 0 Å². The molecule has 30 heavy (non-hydrogen) atoms. The van der Waals surface area contributed by atoms with Gasteiger partial charge in [0.1, 0.15) is 0 Å². The monoisotopic (exact) mass is 430 g/mol. The highest BCUT2D eigenvalue weighted by Crippen LogP contribution is 2.22. The number of aromatic carboxylic acids is 2. The summed E-state index contributed by atoms with van der Waals surface area (Å²) in [5, 5.41) is 24.8. The van der Waals surface area contributed by atoms with E-state index in [1.54, 1.807) is 24.3 Å². The molecule has 0 fully saturated rings. The second-order valence-corrected chi connectivity index (χ2v) is 9.64. The Balaban J connectivity index is 0.000000477. The molecular weight excluding hydrogens is 399 g/mol. The molecule has 0 saturated carbocycles. The number of benzene rings is 2. The van der Waals surface area contributed by atoms with Gasteiger partial charge in [0.15, 0.2) is 4.83 Å². The first-order valence-electron chi connectivity index (χ1n) is 9.43. The predicted octanol–water partition coefficient (Wildman–Crippen LogP) is 4.66. The first kappa shape index (κ1) is 27.4. The molecule has 0 unspecified atom stereocenters. The number of carboxylic acids is 2. The van der Waals surface area contributed by atoms with Crippen LogP contribution in [-0.4, -0.2) is 48.4 Å². The van der Waals surface area contributed by atoms with Gasteiger partial charge in [0.2, 0.25) is 0 Å². The minimum Gasteiger partial charge on any atom is -0.497 e. The number of hydrogen-bond donors (Lipinski definition) is 3. The summed E-state index contributed by atoms with van der Waals surface area (Å²) < 4.78 is 0. The Hall–Kier alpha value is -2.62. The lowest BCUT2D eigenvalue weighted by molar-refractivity contribution is 0.0686. The van der Waals surface area contributed by atoms with Crippen LogP contribution in [0.5, 0.6) is 0 Å². The largest absolute Gasteiger partial charge is 0.497 e. The maximum Gasteiger partial charge on any atom is 0.387 e. The smallest absolute Gasteiger partial charge is 0.387 e. The molecule has 0 saturated heterocycles. The Labute approximate surface area is 186 Å². The number of carbonyl (C=O) groups is 3. The van der Waals surface area contributed by atoms with Crippen LogP contribution in [0.4, 0.5) is 4.79 Å². The van der Waals surface area contributed by atoms with E-state index in [1.165, 1.54) is 0 Å². The molecule has 2 aromatic carbocycles. The predicted molar refractivity (Wildman–Crippen MR) is 121 cm³/mol. The lowest BCUT2D eigenvalue weighted by Gasteiger charge is -2.18. The van der Waals surface area contributed by atoms with Crippen molar-refractivity contribution in [1.29, 1.82) is 0 Å². The van der Waals surface area contributed by atoms with Crippen molar-refractivity contribution < 1.29 is 29.7 Å². The Kier molecular flexibility index (Phi) is 10.5. The fourth-order valence-electron chi connectivity index (χ4n) is 2.23. The Morgan fingerprint density at radius 1 is 0.600 bits per heavy atom. The molecule has 0 aliphatic heterocycles. The van der Waals surface area contributed by atoms with Gasteiger partial charge in [0.05, 0.1) is 11.1 Å². The zero-order chi connectivity index (χ0) is 23.7. The van der Waals surface area contributed by atoms with Crippen molar-refractivity contribution in [3.05, 3.63) is 70.8 Å². The van der Waals surface area contributed by atoms with Gasteiger partial charge in [0, 0.05) is 0 Å². The zero-order valence-corrected chi connectivity index (χ0v) is 20.7. The van der Waals surface area contributed by atoms with Crippen molar-refractivity contribution in [2.24, 2.45) is 0 Å². The molecule has 0 heterocycles. The summed E-state index contributed by atoms with van der Waals surface area (Å²) in [5.41, 5.74) is 3.14. The van der Waals surface area contributed by atoms with Gasteiger partial charge in [-0.05, 0) is 46.2 Å². The molecule has 3 N–H and O–H groups in total. The maximum atomic E-state index is 10.6. The summed E-state index contributed by atoms with van der Waals surface area (Å²) in [6.07, 6.45) is 0. The van der Waals surface area contributed by atoms with Crippen molar-refractivity contribution in [1.82, 2.24) is 0 Å². The van der Waals surface area contributed by atoms with E-state index < -0.39 is 16.8 Å². The van der Waals surface area contributed by atoms with Crippen LogP contribution < -0.4 is 0 Å². The van der Waals surface area contributed by atoms with Crippen molar-refractivity contribution in [2.75, 3.05) is 0 Å². The molecule has 0 aliphatic rings. The summed E-state index contributed by atoms with van der Waals surface area (Å²) in [6, 6.07) is 14.0. The molecular formula is C23H31AlO6. The van der Waals surface area contributed by atoms with E-state index in [1.807, 2.05) is 24.3 Å². The minimum absolute atomic E-state index is 0.0804. The van der Waals surface area contributed by atoms with Crippen molar-refractivity contribution in [3.8, 4) is 0 Å². The SMILES string of the molecule is CC(C)(C)c1ccc(C(=O)O)cc1.CC(C)(C)c1ccc(C(=O)O)cc1.O=[C](O)[AlH2]. The highest BCUT2D eigenvalue weighted by Gasteiger charge is 2.14. The quantitative estimate of drug-likeness (QED) is 0.598. The number of rotatable bonds is 2. The van der Waals surface area contributed by atoms with Crippen LogP contribution >= 0.6 is 0 Å². The van der Waals surface area contributed by atoms with Crippen molar-refractivity contribution >= 4 is 33.1 Å². The van der Waals surface area contributed by atoms with Crippen molar-refractivity contribution in [2.45, 2.75) is 52.4 Å². The average molecular weight is 430 g/mol. The van der Waals surface area contributed by atoms with Gasteiger partial charge >= 0.3 is 28.2 Å². The highest BCUT2D eigenvalue weighted by molar-refractivity contribution is 6.54. The second-order valence-electron chi connectivity index (χ2n) is 8.78. The summed E-state index contributed by atoms with van der Waals surface area (Å²) in [6.45, 7) is 12.6. The summed E-state index contributed by atoms with van der Waals surface area (Å²) in [7, 11) is 0. The Morgan fingerprint density at radius 3 is 0.933 bits per heavy atom. The van der Waals surface area contributed by atoms with E-state index in [-0.39, 0.29) is 27.1 Å². The third kappa shape index (κ3) is 10.8. The molecule has 6 nitrogen and oxygen atoms in total. The van der Waals surface area contributed by atoms with Crippen LogP contribution in [0.2, 0.25) is 0 Å². The normalized spacial score (nSPS) is 10.6. The van der Waals surface area contributed by atoms with Crippen molar-refractivity contribution in [3.63, 3.8) is 0 Å². The van der Waals surface area contributed by atoms with E-state index in [2.05, 4.69) is 41.5 Å². The van der Waals surface area contributed by atoms with Crippen LogP contribution in [-0.2, 0) is 10.8 Å². The fourth-order valence-corrected chi connectivity index (χ4v) is 2.23. The molecule has 0 aliphatic carbocycles. The average Bonchev–Trinajstić information content (AvgIpc) is 2.60. The van der Waals surface area contributed by atoms with Crippen LogP contribution in [0.15, 0.2) is 48.5 Å². The Morgan fingerprint density at radius 2 is 0.800 bits per heavy atom. The van der Waals surface area contributed by atoms with Gasteiger partial charge in [-0.25, -0.2) is 9.59 Å². The maximum absolute atomic E-state index is 10.6. The fraction of sp³-hybridized carbons (Fsp3) is 0.348. The molecule has 0 radical (unpaired) electrons. The van der Waals surface area contributed by atoms with Gasteiger partial charge in [-0.15, -0.1) is 0 Å². The molecule has 0 atom stereocenters. The van der Waals surface area contributed by atoms with Crippen LogP contribution in [0.1, 0.15) is 73.4 Å². The second kappa shape index (κ2) is 11.5. The molecule has 0 amide bonds. The first-order valence-corrected chi connectivity index (χ1v) is 10.4. The molecule has 162 valence electrons. The number of hydrogen-bond acceptors (Lipinski definition) is 3. The lowest BCUT2D eigenvalue weighted by Crippen LogP contribution is -2.11. The van der Waals surface area contributed by atoms with Gasteiger partial charge < -0.3 is 15.3 Å². The van der Waals surface area contributed by atoms with E-state index in [0.29, 0.717) is 11.1 Å². The summed E-state index contributed by atoms with van der Waals surface area (Å²) >= 11 is 0.265. The van der Waals surface area contributed by atoms with Gasteiger partial charge in [-0.3, -0.25) is 4.79 Å². The molecule has 2 aromatic rings.